The van der Waals surface area contributed by atoms with Crippen molar-refractivity contribution < 1.29 is 14.4 Å². The van der Waals surface area contributed by atoms with Gasteiger partial charge in [0, 0.05) is 22.2 Å². The van der Waals surface area contributed by atoms with Crippen molar-refractivity contribution in [3.63, 3.8) is 0 Å². The molecule has 162 valence electrons. The minimum atomic E-state index is -0.941. The number of nitrogens with zero attached hydrogens (tertiary/aromatic N) is 2. The van der Waals surface area contributed by atoms with Gasteiger partial charge in [-0.1, -0.05) is 59.1 Å². The smallest absolute Gasteiger partial charge is 0.257 e. The lowest BCUT2D eigenvalue weighted by Crippen LogP contribution is -2.45. The van der Waals surface area contributed by atoms with Crippen LogP contribution in [0.25, 0.3) is 0 Å². The van der Waals surface area contributed by atoms with Crippen LogP contribution in [0.15, 0.2) is 72.8 Å². The summed E-state index contributed by atoms with van der Waals surface area (Å²) in [5.41, 5.74) is 2.57. The Morgan fingerprint density at radius 2 is 1.62 bits per heavy atom. The molecule has 32 heavy (non-hydrogen) atoms. The van der Waals surface area contributed by atoms with Crippen LogP contribution >= 0.6 is 23.2 Å². The van der Waals surface area contributed by atoms with Crippen molar-refractivity contribution in [1.82, 2.24) is 4.90 Å². The van der Waals surface area contributed by atoms with E-state index in [0.717, 1.165) is 10.5 Å². The van der Waals surface area contributed by atoms with Crippen molar-refractivity contribution in [1.29, 1.82) is 0 Å². The van der Waals surface area contributed by atoms with E-state index in [-0.39, 0.29) is 24.8 Å². The number of hydrogen-bond donors (Lipinski definition) is 0. The molecular formula is C25H20Cl2N2O3. The van der Waals surface area contributed by atoms with Gasteiger partial charge in [0.25, 0.3) is 11.8 Å². The molecule has 0 bridgehead atoms. The highest BCUT2D eigenvalue weighted by Crippen LogP contribution is 2.29. The largest absolute Gasteiger partial charge is 0.322 e. The van der Waals surface area contributed by atoms with Gasteiger partial charge in [-0.15, -0.1) is 0 Å². The fourth-order valence-electron chi connectivity index (χ4n) is 3.72. The number of anilines is 1. The van der Waals surface area contributed by atoms with Crippen LogP contribution in [0.1, 0.15) is 27.9 Å². The Labute approximate surface area is 196 Å². The molecule has 5 nitrogen and oxygen atoms in total. The van der Waals surface area contributed by atoms with Gasteiger partial charge in [-0.25, -0.2) is 4.90 Å². The molecule has 3 amide bonds. The van der Waals surface area contributed by atoms with Crippen LogP contribution in [-0.2, 0) is 16.1 Å². The molecule has 1 unspecified atom stereocenters. The molecule has 3 aromatic carbocycles. The first-order chi connectivity index (χ1) is 15.3. The zero-order chi connectivity index (χ0) is 22.8. The molecule has 1 heterocycles. The van der Waals surface area contributed by atoms with E-state index in [9.17, 15) is 14.4 Å². The molecule has 0 N–H and O–H groups in total. The molecule has 1 aliphatic rings. The number of imide groups is 1. The molecule has 0 radical (unpaired) electrons. The number of amides is 3. The summed E-state index contributed by atoms with van der Waals surface area (Å²) in [7, 11) is 0. The van der Waals surface area contributed by atoms with E-state index in [1.54, 1.807) is 54.6 Å². The van der Waals surface area contributed by atoms with Crippen LogP contribution in [-0.4, -0.2) is 28.7 Å². The van der Waals surface area contributed by atoms with Gasteiger partial charge in [0.15, 0.2) is 0 Å². The lowest BCUT2D eigenvalue weighted by molar-refractivity contribution is -0.122. The van der Waals surface area contributed by atoms with Gasteiger partial charge >= 0.3 is 0 Å². The quantitative estimate of drug-likeness (QED) is 0.480. The maximum atomic E-state index is 13.5. The second kappa shape index (κ2) is 9.15. The Morgan fingerprint density at radius 1 is 0.969 bits per heavy atom. The topological polar surface area (TPSA) is 57.7 Å². The molecule has 0 spiro atoms. The molecule has 1 atom stereocenters. The summed E-state index contributed by atoms with van der Waals surface area (Å²) in [5.74, 6) is -1.16. The lowest BCUT2D eigenvalue weighted by atomic mass is 10.1. The summed E-state index contributed by atoms with van der Waals surface area (Å²) in [5, 5.41) is 0.986. The van der Waals surface area contributed by atoms with Crippen LogP contribution in [0.5, 0.6) is 0 Å². The molecule has 3 aromatic rings. The van der Waals surface area contributed by atoms with Gasteiger partial charge in [0.1, 0.15) is 6.04 Å². The Kier molecular flexibility index (Phi) is 6.31. The van der Waals surface area contributed by atoms with Crippen molar-refractivity contribution in [3.8, 4) is 0 Å². The van der Waals surface area contributed by atoms with E-state index < -0.39 is 11.9 Å². The van der Waals surface area contributed by atoms with Crippen LogP contribution < -0.4 is 4.90 Å². The van der Waals surface area contributed by atoms with Crippen LogP contribution in [0.4, 0.5) is 5.69 Å². The molecule has 0 aliphatic carbocycles. The van der Waals surface area contributed by atoms with Gasteiger partial charge in [-0.2, -0.15) is 0 Å². The van der Waals surface area contributed by atoms with E-state index in [1.165, 1.54) is 4.90 Å². The van der Waals surface area contributed by atoms with Gasteiger partial charge < -0.3 is 4.90 Å². The van der Waals surface area contributed by atoms with Gasteiger partial charge in [0.05, 0.1) is 12.1 Å². The summed E-state index contributed by atoms with van der Waals surface area (Å²) in [6.07, 6.45) is -0.108. The Morgan fingerprint density at radius 3 is 2.28 bits per heavy atom. The number of carbonyl (C=O) groups excluding carboxylic acids is 3. The van der Waals surface area contributed by atoms with Crippen molar-refractivity contribution in [2.75, 3.05) is 4.90 Å². The standard InChI is InChI=1S/C25H20Cl2N2O3/c1-16-6-8-17(9-7-16)24(31)28(15-18-4-2-3-5-21(18)27)22-14-23(30)29(25(22)32)20-12-10-19(26)11-13-20/h2-13,22H,14-15H2,1H3. The predicted molar refractivity (Wildman–Crippen MR) is 125 cm³/mol. The fraction of sp³-hybridized carbons (Fsp3) is 0.160. The second-order valence-corrected chi connectivity index (χ2v) is 8.50. The zero-order valence-electron chi connectivity index (χ0n) is 17.3. The third-order valence-electron chi connectivity index (χ3n) is 5.44. The van der Waals surface area contributed by atoms with Crippen LogP contribution in [0, 0.1) is 6.92 Å². The number of aryl methyl sites for hydroxylation is 1. The molecule has 0 aromatic heterocycles. The van der Waals surface area contributed by atoms with Crippen molar-refractivity contribution in [2.24, 2.45) is 0 Å². The molecule has 1 saturated heterocycles. The SMILES string of the molecule is Cc1ccc(C(=O)N(Cc2ccccc2Cl)C2CC(=O)N(c3ccc(Cl)cc3)C2=O)cc1. The number of benzene rings is 3. The third-order valence-corrected chi connectivity index (χ3v) is 6.06. The monoisotopic (exact) mass is 466 g/mol. The molecule has 0 saturated carbocycles. The number of rotatable bonds is 5. The molecule has 1 fully saturated rings. The molecule has 7 heteroatoms. The fourth-order valence-corrected chi connectivity index (χ4v) is 4.04. The average molecular weight is 467 g/mol. The van der Waals surface area contributed by atoms with E-state index >= 15 is 0 Å². The Balaban J connectivity index is 1.70. The molecular weight excluding hydrogens is 447 g/mol. The number of hydrogen-bond acceptors (Lipinski definition) is 3. The zero-order valence-corrected chi connectivity index (χ0v) is 18.8. The van der Waals surface area contributed by atoms with Crippen LogP contribution in [0.3, 0.4) is 0 Å². The minimum Gasteiger partial charge on any atom is -0.322 e. The molecule has 4 rings (SSSR count). The minimum absolute atomic E-state index is 0.102. The first-order valence-electron chi connectivity index (χ1n) is 10.1. The maximum absolute atomic E-state index is 13.5. The van der Waals surface area contributed by atoms with Crippen LogP contribution in [0.2, 0.25) is 10.0 Å². The summed E-state index contributed by atoms with van der Waals surface area (Å²) in [4.78, 5) is 42.2. The maximum Gasteiger partial charge on any atom is 0.257 e. The van der Waals surface area contributed by atoms with E-state index in [4.69, 9.17) is 23.2 Å². The van der Waals surface area contributed by atoms with E-state index in [2.05, 4.69) is 0 Å². The highest BCUT2D eigenvalue weighted by Gasteiger charge is 2.44. The van der Waals surface area contributed by atoms with Gasteiger partial charge in [0.2, 0.25) is 5.91 Å². The number of halogens is 2. The summed E-state index contributed by atoms with van der Waals surface area (Å²) >= 11 is 12.3. The first-order valence-corrected chi connectivity index (χ1v) is 10.8. The molecule has 1 aliphatic heterocycles. The first kappa shape index (κ1) is 22.1. The predicted octanol–water partition coefficient (Wildman–Crippen LogP) is 5.28. The highest BCUT2D eigenvalue weighted by atomic mass is 35.5. The Bertz CT molecular complexity index is 1180. The van der Waals surface area contributed by atoms with Crippen molar-refractivity contribution in [2.45, 2.75) is 25.9 Å². The summed E-state index contributed by atoms with van der Waals surface area (Å²) in [6, 6.07) is 19.8. The normalized spacial score (nSPS) is 15.8. The van der Waals surface area contributed by atoms with Crippen molar-refractivity contribution in [3.05, 3.63) is 99.5 Å². The summed E-state index contributed by atoms with van der Waals surface area (Å²) < 4.78 is 0. The third kappa shape index (κ3) is 4.40. The average Bonchev–Trinajstić information content (AvgIpc) is 3.07. The van der Waals surface area contributed by atoms with Crippen molar-refractivity contribution >= 4 is 46.6 Å². The lowest BCUT2D eigenvalue weighted by Gasteiger charge is -2.28. The number of carbonyl (C=O) groups is 3. The van der Waals surface area contributed by atoms with Gasteiger partial charge in [-0.05, 0) is 55.0 Å². The second-order valence-electron chi connectivity index (χ2n) is 7.65. The van der Waals surface area contributed by atoms with Gasteiger partial charge in [-0.3, -0.25) is 14.4 Å². The Hall–Kier alpha value is -3.15. The summed E-state index contributed by atoms with van der Waals surface area (Å²) in [6.45, 7) is 2.03. The highest BCUT2D eigenvalue weighted by molar-refractivity contribution is 6.31. The van der Waals surface area contributed by atoms with E-state index in [1.807, 2.05) is 25.1 Å². The van der Waals surface area contributed by atoms with E-state index in [0.29, 0.717) is 26.9 Å².